The summed E-state index contributed by atoms with van der Waals surface area (Å²) in [6.45, 7) is 2.49. The Labute approximate surface area is 174 Å². The van der Waals surface area contributed by atoms with E-state index in [2.05, 4.69) is 15.3 Å². The van der Waals surface area contributed by atoms with Crippen LogP contribution in [0, 0.1) is 5.92 Å². The largest absolute Gasteiger partial charge is 0.361 e. The lowest BCUT2D eigenvalue weighted by Gasteiger charge is -2.16. The van der Waals surface area contributed by atoms with Crippen LogP contribution in [0.5, 0.6) is 0 Å². The van der Waals surface area contributed by atoms with E-state index in [-0.39, 0.29) is 24.2 Å². The molecule has 1 fully saturated rings. The quantitative estimate of drug-likeness (QED) is 0.557. The zero-order valence-corrected chi connectivity index (χ0v) is 16.9. The summed E-state index contributed by atoms with van der Waals surface area (Å²) in [6.07, 6.45) is 9.20. The Bertz CT molecular complexity index is 998. The molecule has 0 radical (unpaired) electrons. The van der Waals surface area contributed by atoms with Crippen LogP contribution < -0.4 is 5.32 Å². The number of H-pyrrole nitrogens is 1. The second-order valence-corrected chi connectivity index (χ2v) is 7.88. The molecule has 3 aromatic rings. The Kier molecular flexibility index (Phi) is 5.85. The second-order valence-electron chi connectivity index (χ2n) is 7.44. The maximum Gasteiger partial charge on any atom is 0.225 e. The van der Waals surface area contributed by atoms with Crippen molar-refractivity contribution in [2.24, 2.45) is 5.92 Å². The van der Waals surface area contributed by atoms with Crippen molar-refractivity contribution in [3.8, 4) is 0 Å². The van der Waals surface area contributed by atoms with E-state index in [4.69, 9.17) is 11.6 Å². The number of rotatable bonds is 8. The number of nitrogens with zero attached hydrogens (tertiary/aromatic N) is 3. The van der Waals surface area contributed by atoms with Gasteiger partial charge >= 0.3 is 0 Å². The summed E-state index contributed by atoms with van der Waals surface area (Å²) in [6, 6.07) is 5.75. The number of carbonyl (C=O) groups excluding carboxylic acids is 2. The number of aromatic nitrogens is 3. The third-order valence-corrected chi connectivity index (χ3v) is 5.65. The van der Waals surface area contributed by atoms with Crippen LogP contribution in [0.4, 0.5) is 0 Å². The molecule has 1 aromatic carbocycles. The number of fused-ring (bicyclic) bond motifs is 1. The molecule has 152 valence electrons. The topological polar surface area (TPSA) is 83.0 Å². The molecule has 2 aromatic heterocycles. The summed E-state index contributed by atoms with van der Waals surface area (Å²) in [5.41, 5.74) is 2.16. The molecular weight excluding hydrogens is 390 g/mol. The molecular formula is C21H24ClN5O2. The molecule has 0 spiro atoms. The Morgan fingerprint density at radius 1 is 1.34 bits per heavy atom. The SMILES string of the molecule is O=C(NCCCn1ccnc1)[C@H]1CC(=O)N(CCc2c[nH]c3ccc(Cl)cc23)C1. The van der Waals surface area contributed by atoms with Crippen molar-refractivity contribution >= 4 is 34.3 Å². The van der Waals surface area contributed by atoms with Gasteiger partial charge < -0.3 is 19.8 Å². The minimum Gasteiger partial charge on any atom is -0.361 e. The number of imidazole rings is 1. The fraction of sp³-hybridized carbons (Fsp3) is 0.381. The predicted molar refractivity (Wildman–Crippen MR) is 112 cm³/mol. The minimum atomic E-state index is -0.270. The molecule has 4 rings (SSSR count). The Hall–Kier alpha value is -2.80. The van der Waals surface area contributed by atoms with Crippen LogP contribution in [0.1, 0.15) is 18.4 Å². The first-order chi connectivity index (χ1) is 14.1. The first kappa shape index (κ1) is 19.5. The molecule has 1 aliphatic heterocycles. The summed E-state index contributed by atoms with van der Waals surface area (Å²) >= 11 is 6.11. The van der Waals surface area contributed by atoms with Crippen molar-refractivity contribution in [1.82, 2.24) is 24.8 Å². The van der Waals surface area contributed by atoms with Crippen LogP contribution in [0.2, 0.25) is 5.02 Å². The number of hydrogen-bond acceptors (Lipinski definition) is 3. The van der Waals surface area contributed by atoms with E-state index in [0.29, 0.717) is 24.7 Å². The van der Waals surface area contributed by atoms with Gasteiger partial charge in [0.15, 0.2) is 0 Å². The average Bonchev–Trinajstić information content (AvgIpc) is 3.44. The summed E-state index contributed by atoms with van der Waals surface area (Å²) in [5.74, 6) is -0.264. The standard InChI is InChI=1S/C21H24ClN5O2/c22-17-2-3-19-18(11-17)15(12-25-19)4-8-27-13-16(10-20(27)28)21(29)24-5-1-7-26-9-6-23-14-26/h2-3,6,9,11-12,14,16,25H,1,4-5,7-8,10,13H2,(H,24,29)/t16-/m0/s1. The average molecular weight is 414 g/mol. The number of hydrogen-bond donors (Lipinski definition) is 2. The van der Waals surface area contributed by atoms with Gasteiger partial charge in [0.25, 0.3) is 0 Å². The Balaban J connectivity index is 1.25. The zero-order chi connectivity index (χ0) is 20.2. The molecule has 0 aliphatic carbocycles. The van der Waals surface area contributed by atoms with Gasteiger partial charge in [-0.1, -0.05) is 11.6 Å². The van der Waals surface area contributed by atoms with Crippen molar-refractivity contribution in [2.75, 3.05) is 19.6 Å². The third kappa shape index (κ3) is 4.62. The summed E-state index contributed by atoms with van der Waals surface area (Å²) in [4.78, 5) is 33.8. The van der Waals surface area contributed by atoms with Crippen molar-refractivity contribution < 1.29 is 9.59 Å². The third-order valence-electron chi connectivity index (χ3n) is 5.42. The van der Waals surface area contributed by atoms with E-state index in [9.17, 15) is 9.59 Å². The van der Waals surface area contributed by atoms with Gasteiger partial charge in [-0.2, -0.15) is 0 Å². The highest BCUT2D eigenvalue weighted by atomic mass is 35.5. The summed E-state index contributed by atoms with van der Waals surface area (Å²) in [5, 5.41) is 4.73. The zero-order valence-electron chi connectivity index (χ0n) is 16.1. The maximum absolute atomic E-state index is 12.4. The van der Waals surface area contributed by atoms with E-state index >= 15 is 0 Å². The van der Waals surface area contributed by atoms with Crippen LogP contribution in [0.3, 0.4) is 0 Å². The van der Waals surface area contributed by atoms with Crippen LogP contribution >= 0.6 is 11.6 Å². The fourth-order valence-corrected chi connectivity index (χ4v) is 3.99. The molecule has 2 N–H and O–H groups in total. The second kappa shape index (κ2) is 8.69. The number of benzene rings is 1. The van der Waals surface area contributed by atoms with Crippen LogP contribution in [0.15, 0.2) is 43.1 Å². The highest BCUT2D eigenvalue weighted by molar-refractivity contribution is 6.31. The van der Waals surface area contributed by atoms with E-state index < -0.39 is 0 Å². The Morgan fingerprint density at radius 3 is 3.07 bits per heavy atom. The van der Waals surface area contributed by atoms with Crippen LogP contribution in [0.25, 0.3) is 10.9 Å². The number of likely N-dealkylation sites (tertiary alicyclic amines) is 1. The van der Waals surface area contributed by atoms with Crippen LogP contribution in [-0.2, 0) is 22.6 Å². The van der Waals surface area contributed by atoms with Crippen molar-refractivity contribution in [3.63, 3.8) is 0 Å². The fourth-order valence-electron chi connectivity index (χ4n) is 3.81. The van der Waals surface area contributed by atoms with Gasteiger partial charge in [-0.3, -0.25) is 9.59 Å². The number of amides is 2. The van der Waals surface area contributed by atoms with Gasteiger partial charge in [-0.05, 0) is 36.6 Å². The highest BCUT2D eigenvalue weighted by Crippen LogP contribution is 2.24. The van der Waals surface area contributed by atoms with Gasteiger partial charge in [0.05, 0.1) is 12.2 Å². The maximum atomic E-state index is 12.4. The van der Waals surface area contributed by atoms with Crippen molar-refractivity contribution in [1.29, 1.82) is 0 Å². The lowest BCUT2D eigenvalue weighted by Crippen LogP contribution is -2.34. The number of nitrogens with one attached hydrogen (secondary N) is 2. The normalized spacial score (nSPS) is 16.7. The number of carbonyl (C=O) groups is 2. The minimum absolute atomic E-state index is 0.0367. The first-order valence-electron chi connectivity index (χ1n) is 9.87. The van der Waals surface area contributed by atoms with E-state index in [0.717, 1.165) is 35.9 Å². The van der Waals surface area contributed by atoms with Crippen molar-refractivity contribution in [3.05, 3.63) is 53.7 Å². The van der Waals surface area contributed by atoms with E-state index in [1.807, 2.05) is 35.2 Å². The monoisotopic (exact) mass is 413 g/mol. The van der Waals surface area contributed by atoms with Gasteiger partial charge in [-0.15, -0.1) is 0 Å². The summed E-state index contributed by atoms with van der Waals surface area (Å²) in [7, 11) is 0. The molecule has 8 heteroatoms. The van der Waals surface area contributed by atoms with Gasteiger partial charge in [0, 0.05) is 67.1 Å². The number of aryl methyl sites for hydroxylation is 1. The molecule has 1 saturated heterocycles. The number of aromatic amines is 1. The van der Waals surface area contributed by atoms with Gasteiger partial charge in [-0.25, -0.2) is 4.98 Å². The molecule has 2 amide bonds. The lowest BCUT2D eigenvalue weighted by atomic mass is 10.1. The Morgan fingerprint density at radius 2 is 2.24 bits per heavy atom. The first-order valence-corrected chi connectivity index (χ1v) is 10.2. The van der Waals surface area contributed by atoms with Crippen LogP contribution in [-0.4, -0.2) is 50.9 Å². The molecule has 0 unspecified atom stereocenters. The van der Waals surface area contributed by atoms with Gasteiger partial charge in [0.2, 0.25) is 11.8 Å². The molecule has 1 atom stereocenters. The number of halogens is 1. The van der Waals surface area contributed by atoms with E-state index in [1.165, 1.54) is 0 Å². The smallest absolute Gasteiger partial charge is 0.225 e. The molecule has 0 saturated carbocycles. The molecule has 1 aliphatic rings. The highest BCUT2D eigenvalue weighted by Gasteiger charge is 2.33. The van der Waals surface area contributed by atoms with Gasteiger partial charge in [0.1, 0.15) is 0 Å². The molecule has 0 bridgehead atoms. The predicted octanol–water partition coefficient (Wildman–Crippen LogP) is 2.62. The van der Waals surface area contributed by atoms with Crippen molar-refractivity contribution in [2.45, 2.75) is 25.8 Å². The molecule has 3 heterocycles. The molecule has 7 nitrogen and oxygen atoms in total. The molecule has 29 heavy (non-hydrogen) atoms. The van der Waals surface area contributed by atoms with E-state index in [1.54, 1.807) is 17.4 Å². The summed E-state index contributed by atoms with van der Waals surface area (Å²) < 4.78 is 1.98. The lowest BCUT2D eigenvalue weighted by molar-refractivity contribution is -0.129.